The number of nitrogens with zero attached hydrogens (tertiary/aromatic N) is 4. The van der Waals surface area contributed by atoms with E-state index < -0.39 is 0 Å². The van der Waals surface area contributed by atoms with Gasteiger partial charge in [0, 0.05) is 11.8 Å². The van der Waals surface area contributed by atoms with Crippen LogP contribution in [0.3, 0.4) is 0 Å². The van der Waals surface area contributed by atoms with Crippen molar-refractivity contribution in [2.24, 2.45) is 5.18 Å². The fourth-order valence-corrected chi connectivity index (χ4v) is 1.70. The Morgan fingerprint density at radius 3 is 2.93 bits per heavy atom. The molecule has 0 radical (unpaired) electrons. The first-order valence-corrected chi connectivity index (χ1v) is 4.71. The van der Waals surface area contributed by atoms with Gasteiger partial charge in [0.1, 0.15) is 10.0 Å². The number of nitroso groups, excluding NO2 is 1. The van der Waals surface area contributed by atoms with Crippen LogP contribution in [0.2, 0.25) is 0 Å². The first kappa shape index (κ1) is 8.89. The average Bonchev–Trinajstić information content (AvgIpc) is 2.65. The van der Waals surface area contributed by atoms with E-state index in [0.29, 0.717) is 0 Å². The Morgan fingerprint density at radius 1 is 1.43 bits per heavy atom. The molecule has 0 bridgehead atoms. The normalized spacial score (nSPS) is 10.1. The highest BCUT2D eigenvalue weighted by atomic mass is 32.1. The first-order valence-electron chi connectivity index (χ1n) is 3.89. The summed E-state index contributed by atoms with van der Waals surface area (Å²) < 4.78 is 0. The van der Waals surface area contributed by atoms with E-state index in [0.717, 1.165) is 15.6 Å². The zero-order valence-corrected chi connectivity index (χ0v) is 8.15. The minimum Gasteiger partial charge on any atom is -0.234 e. The molecule has 6 heteroatoms. The molecule has 0 aliphatic rings. The summed E-state index contributed by atoms with van der Waals surface area (Å²) in [4.78, 5) is 14.0. The van der Waals surface area contributed by atoms with Gasteiger partial charge >= 0.3 is 0 Å². The molecule has 2 heterocycles. The molecule has 5 nitrogen and oxygen atoms in total. The van der Waals surface area contributed by atoms with E-state index in [4.69, 9.17) is 0 Å². The van der Waals surface area contributed by atoms with E-state index >= 15 is 0 Å². The molecule has 0 saturated heterocycles. The summed E-state index contributed by atoms with van der Waals surface area (Å²) in [7, 11) is 0. The molecule has 2 aromatic rings. The van der Waals surface area contributed by atoms with Crippen molar-refractivity contribution in [2.45, 2.75) is 6.92 Å². The van der Waals surface area contributed by atoms with Gasteiger partial charge in [-0.2, -0.15) is 0 Å². The molecular weight excluding hydrogens is 200 g/mol. The minimum absolute atomic E-state index is 0.162. The highest BCUT2D eigenvalue weighted by molar-refractivity contribution is 7.14. The summed E-state index contributed by atoms with van der Waals surface area (Å²) in [5.41, 5.74) is 0.820. The van der Waals surface area contributed by atoms with Crippen molar-refractivity contribution in [3.63, 3.8) is 0 Å². The van der Waals surface area contributed by atoms with Gasteiger partial charge in [0.25, 0.3) is 0 Å². The third kappa shape index (κ3) is 1.64. The lowest BCUT2D eigenvalue weighted by molar-refractivity contribution is 1.05. The van der Waals surface area contributed by atoms with Crippen LogP contribution in [-0.4, -0.2) is 15.2 Å². The Balaban J connectivity index is 2.46. The van der Waals surface area contributed by atoms with Crippen LogP contribution < -0.4 is 0 Å². The molecule has 0 atom stereocenters. The van der Waals surface area contributed by atoms with Gasteiger partial charge in [-0.15, -0.1) is 15.1 Å². The Morgan fingerprint density at radius 2 is 2.29 bits per heavy atom. The van der Waals surface area contributed by atoms with Gasteiger partial charge in [-0.3, -0.25) is 0 Å². The number of hydrogen-bond donors (Lipinski definition) is 0. The van der Waals surface area contributed by atoms with Crippen molar-refractivity contribution in [3.05, 3.63) is 28.2 Å². The van der Waals surface area contributed by atoms with E-state index in [1.54, 1.807) is 12.1 Å². The van der Waals surface area contributed by atoms with Gasteiger partial charge in [0.2, 0.25) is 0 Å². The van der Waals surface area contributed by atoms with Gasteiger partial charge in [0.05, 0.1) is 0 Å². The molecule has 14 heavy (non-hydrogen) atoms. The lowest BCUT2D eigenvalue weighted by Gasteiger charge is -1.93. The van der Waals surface area contributed by atoms with Crippen LogP contribution in [0.4, 0.5) is 5.82 Å². The van der Waals surface area contributed by atoms with E-state index in [1.807, 2.05) is 6.92 Å². The Labute approximate surface area is 83.8 Å². The average molecular weight is 206 g/mol. The zero-order valence-electron chi connectivity index (χ0n) is 7.34. The van der Waals surface area contributed by atoms with Crippen LogP contribution in [0, 0.1) is 11.8 Å². The molecule has 0 N–H and O–H groups in total. The third-order valence-electron chi connectivity index (χ3n) is 1.61. The molecule has 0 spiro atoms. The Kier molecular flexibility index (Phi) is 2.28. The molecule has 0 fully saturated rings. The van der Waals surface area contributed by atoms with E-state index in [2.05, 4.69) is 20.4 Å². The van der Waals surface area contributed by atoms with Crippen molar-refractivity contribution in [3.8, 4) is 10.6 Å². The summed E-state index contributed by atoms with van der Waals surface area (Å²) in [5.74, 6) is 0.162. The third-order valence-corrected chi connectivity index (χ3v) is 2.50. The molecule has 0 amide bonds. The molecule has 0 aliphatic heterocycles. The lowest BCUT2D eigenvalue weighted by atomic mass is 10.3. The summed E-state index contributed by atoms with van der Waals surface area (Å²) in [6.45, 7) is 1.88. The predicted octanol–water partition coefficient (Wildman–Crippen LogP) is 2.31. The van der Waals surface area contributed by atoms with Crippen LogP contribution >= 0.6 is 11.3 Å². The van der Waals surface area contributed by atoms with E-state index in [9.17, 15) is 4.91 Å². The first-order chi connectivity index (χ1) is 6.79. The van der Waals surface area contributed by atoms with E-state index in [1.165, 1.54) is 17.5 Å². The Hall–Kier alpha value is -1.69. The van der Waals surface area contributed by atoms with Crippen LogP contribution in [0.25, 0.3) is 10.6 Å². The van der Waals surface area contributed by atoms with Crippen LogP contribution in [-0.2, 0) is 0 Å². The monoisotopic (exact) mass is 206 g/mol. The lowest BCUT2D eigenvalue weighted by Crippen LogP contribution is -1.78. The van der Waals surface area contributed by atoms with Crippen LogP contribution in [0.15, 0.2) is 23.5 Å². The van der Waals surface area contributed by atoms with Gasteiger partial charge in [-0.25, -0.2) is 4.98 Å². The smallest absolute Gasteiger partial charge is 0.197 e. The SMILES string of the molecule is Cc1nnc(-c2ccnc(N=O)c2)s1. The topological polar surface area (TPSA) is 68.1 Å². The molecule has 0 saturated carbocycles. The van der Waals surface area contributed by atoms with Gasteiger partial charge in [-0.1, -0.05) is 11.3 Å². The molecule has 2 aromatic heterocycles. The maximum atomic E-state index is 10.3. The fraction of sp³-hybridized carbons (Fsp3) is 0.125. The van der Waals surface area contributed by atoms with Crippen molar-refractivity contribution in [1.29, 1.82) is 0 Å². The number of aromatic nitrogens is 3. The number of rotatable bonds is 2. The molecule has 2 rings (SSSR count). The van der Waals surface area contributed by atoms with Crippen molar-refractivity contribution >= 4 is 17.2 Å². The zero-order chi connectivity index (χ0) is 9.97. The quantitative estimate of drug-likeness (QED) is 0.707. The summed E-state index contributed by atoms with van der Waals surface area (Å²) in [6, 6.07) is 3.36. The molecule has 70 valence electrons. The largest absolute Gasteiger partial charge is 0.234 e. The van der Waals surface area contributed by atoms with E-state index in [-0.39, 0.29) is 5.82 Å². The summed E-state index contributed by atoms with van der Waals surface area (Å²) in [6.07, 6.45) is 1.53. The van der Waals surface area contributed by atoms with Gasteiger partial charge in [0.15, 0.2) is 5.82 Å². The second-order valence-electron chi connectivity index (χ2n) is 2.62. The second-order valence-corrected chi connectivity index (χ2v) is 3.80. The standard InChI is InChI=1S/C8H6N4OS/c1-5-10-11-8(14-5)6-2-3-9-7(4-6)12-13/h2-4H,1H3. The highest BCUT2D eigenvalue weighted by Crippen LogP contribution is 2.24. The number of aryl methyl sites for hydroxylation is 1. The maximum absolute atomic E-state index is 10.3. The molecular formula is C8H6N4OS. The summed E-state index contributed by atoms with van der Waals surface area (Å²) >= 11 is 1.47. The Bertz CT molecular complexity index is 468. The van der Waals surface area contributed by atoms with Crippen molar-refractivity contribution in [2.75, 3.05) is 0 Å². The molecule has 0 aromatic carbocycles. The minimum atomic E-state index is 0.162. The highest BCUT2D eigenvalue weighted by Gasteiger charge is 2.05. The second kappa shape index (κ2) is 3.59. The van der Waals surface area contributed by atoms with Gasteiger partial charge < -0.3 is 0 Å². The fourth-order valence-electron chi connectivity index (χ4n) is 1.01. The maximum Gasteiger partial charge on any atom is 0.197 e. The van der Waals surface area contributed by atoms with Crippen LogP contribution in [0.1, 0.15) is 5.01 Å². The molecule has 0 aliphatic carbocycles. The predicted molar refractivity (Wildman–Crippen MR) is 53.3 cm³/mol. The number of pyridine rings is 1. The van der Waals surface area contributed by atoms with Gasteiger partial charge in [-0.05, 0) is 24.2 Å². The van der Waals surface area contributed by atoms with Crippen LogP contribution in [0.5, 0.6) is 0 Å². The summed E-state index contributed by atoms with van der Waals surface area (Å²) in [5, 5.41) is 12.3. The number of hydrogen-bond acceptors (Lipinski definition) is 6. The van der Waals surface area contributed by atoms with Crippen molar-refractivity contribution in [1.82, 2.24) is 15.2 Å². The van der Waals surface area contributed by atoms with Crippen molar-refractivity contribution < 1.29 is 0 Å². The molecule has 0 unspecified atom stereocenters.